The second-order valence-electron chi connectivity index (χ2n) is 16.5. The van der Waals surface area contributed by atoms with E-state index in [0.717, 1.165) is 47.3 Å². The summed E-state index contributed by atoms with van der Waals surface area (Å²) in [6.45, 7) is 19.0. The molecular formula is C38H66O. The van der Waals surface area contributed by atoms with E-state index < -0.39 is 0 Å². The maximum absolute atomic E-state index is 7.03. The molecule has 2 atom stereocenters. The molecule has 0 bridgehead atoms. The van der Waals surface area contributed by atoms with Crippen LogP contribution in [0.3, 0.4) is 0 Å². The highest BCUT2D eigenvalue weighted by Gasteiger charge is 2.38. The Balaban J connectivity index is 1.25. The Labute approximate surface area is 244 Å². The predicted octanol–water partition coefficient (Wildman–Crippen LogP) is 11.7. The summed E-state index contributed by atoms with van der Waals surface area (Å²) in [5.41, 5.74) is 2.78. The van der Waals surface area contributed by atoms with Crippen molar-refractivity contribution in [3.8, 4) is 0 Å². The summed E-state index contributed by atoms with van der Waals surface area (Å²) in [5, 5.41) is 0. The zero-order chi connectivity index (χ0) is 28.2. The minimum atomic E-state index is -0.171. The summed E-state index contributed by atoms with van der Waals surface area (Å²) < 4.78 is 7.03. The molecule has 1 heteroatoms. The molecule has 0 heterocycles. The van der Waals surface area contributed by atoms with E-state index in [0.29, 0.717) is 0 Å². The van der Waals surface area contributed by atoms with Crippen LogP contribution in [0.15, 0.2) is 23.3 Å². The lowest BCUT2D eigenvalue weighted by Crippen LogP contribution is -2.41. The van der Waals surface area contributed by atoms with Crippen LogP contribution >= 0.6 is 0 Å². The zero-order valence-corrected chi connectivity index (χ0v) is 27.5. The maximum Gasteiger partial charge on any atom is 0.0847 e. The molecule has 0 saturated heterocycles. The number of rotatable bonds is 10. The van der Waals surface area contributed by atoms with Gasteiger partial charge in [-0.15, -0.1) is 0 Å². The van der Waals surface area contributed by atoms with E-state index in [2.05, 4.69) is 67.5 Å². The first kappa shape index (κ1) is 31.4. The number of hydrogen-bond acceptors (Lipinski definition) is 1. The van der Waals surface area contributed by atoms with E-state index in [4.69, 9.17) is 4.74 Å². The van der Waals surface area contributed by atoms with E-state index in [1.54, 1.807) is 11.1 Å². The fraction of sp³-hybridized carbons (Fsp3) is 0.895. The first-order chi connectivity index (χ1) is 18.4. The lowest BCUT2D eigenvalue weighted by Gasteiger charge is -2.43. The quantitative estimate of drug-likeness (QED) is 0.251. The van der Waals surface area contributed by atoms with Gasteiger partial charge in [-0.05, 0) is 163 Å². The molecule has 0 radical (unpaired) electrons. The van der Waals surface area contributed by atoms with Crippen molar-refractivity contribution < 1.29 is 4.74 Å². The normalized spacial score (nSPS) is 33.3. The number of allylic oxidation sites excluding steroid dienone is 2. The fourth-order valence-electron chi connectivity index (χ4n) is 9.55. The van der Waals surface area contributed by atoms with Crippen LogP contribution in [0.2, 0.25) is 0 Å². The summed E-state index contributed by atoms with van der Waals surface area (Å²) in [4.78, 5) is 0. The summed E-state index contributed by atoms with van der Waals surface area (Å²) in [6, 6.07) is 0. The van der Waals surface area contributed by atoms with Gasteiger partial charge in [-0.2, -0.15) is 0 Å². The highest BCUT2D eigenvalue weighted by Crippen LogP contribution is 2.46. The van der Waals surface area contributed by atoms with E-state index in [-0.39, 0.29) is 11.2 Å². The van der Waals surface area contributed by atoms with Gasteiger partial charge in [0.25, 0.3) is 0 Å². The van der Waals surface area contributed by atoms with Crippen molar-refractivity contribution >= 4 is 0 Å². The predicted molar refractivity (Wildman–Crippen MR) is 170 cm³/mol. The van der Waals surface area contributed by atoms with Crippen molar-refractivity contribution in [2.75, 3.05) is 0 Å². The van der Waals surface area contributed by atoms with Crippen LogP contribution in [0.1, 0.15) is 158 Å². The Morgan fingerprint density at radius 1 is 0.564 bits per heavy atom. The first-order valence-corrected chi connectivity index (χ1v) is 17.5. The highest BCUT2D eigenvalue weighted by atomic mass is 16.5. The second-order valence-corrected chi connectivity index (χ2v) is 16.5. The molecule has 1 nitrogen and oxygen atoms in total. The molecular weight excluding hydrogens is 472 g/mol. The molecule has 0 aliphatic heterocycles. The van der Waals surface area contributed by atoms with Crippen molar-refractivity contribution in [1.29, 1.82) is 0 Å². The van der Waals surface area contributed by atoms with Crippen molar-refractivity contribution in [2.45, 2.75) is 169 Å². The van der Waals surface area contributed by atoms with Gasteiger partial charge in [0.15, 0.2) is 0 Å². The van der Waals surface area contributed by atoms with E-state index in [1.165, 1.54) is 103 Å². The van der Waals surface area contributed by atoms with Gasteiger partial charge in [0.1, 0.15) is 0 Å². The monoisotopic (exact) mass is 539 g/mol. The molecule has 4 aliphatic rings. The van der Waals surface area contributed by atoms with Gasteiger partial charge < -0.3 is 4.74 Å². The molecule has 2 fully saturated rings. The summed E-state index contributed by atoms with van der Waals surface area (Å²) in [7, 11) is 0. The minimum absolute atomic E-state index is 0.171. The molecule has 0 N–H and O–H groups in total. The average Bonchev–Trinajstić information content (AvgIpc) is 2.88. The summed E-state index contributed by atoms with van der Waals surface area (Å²) in [5.74, 6) is 7.49. The molecule has 4 aliphatic carbocycles. The van der Waals surface area contributed by atoms with Crippen LogP contribution in [0.5, 0.6) is 0 Å². The smallest absolute Gasteiger partial charge is 0.0847 e. The molecule has 39 heavy (non-hydrogen) atoms. The lowest BCUT2D eigenvalue weighted by molar-refractivity contribution is -0.0866. The lowest BCUT2D eigenvalue weighted by atomic mass is 9.69. The Bertz CT molecular complexity index is 742. The van der Waals surface area contributed by atoms with Crippen LogP contribution in [-0.4, -0.2) is 11.2 Å². The van der Waals surface area contributed by atoms with Gasteiger partial charge in [0.05, 0.1) is 11.2 Å². The van der Waals surface area contributed by atoms with Crippen LogP contribution < -0.4 is 0 Å². The Morgan fingerprint density at radius 2 is 0.923 bits per heavy atom. The second kappa shape index (κ2) is 13.6. The summed E-state index contributed by atoms with van der Waals surface area (Å²) >= 11 is 0. The molecule has 0 amide bonds. The molecule has 224 valence electrons. The Morgan fingerprint density at radius 3 is 1.21 bits per heavy atom. The molecule has 4 rings (SSSR count). The molecule has 2 saturated carbocycles. The average molecular weight is 539 g/mol. The third-order valence-electron chi connectivity index (χ3n) is 11.7. The van der Waals surface area contributed by atoms with Crippen LogP contribution in [0, 0.1) is 47.3 Å². The van der Waals surface area contributed by atoms with Crippen LogP contribution in [0.25, 0.3) is 0 Å². The van der Waals surface area contributed by atoms with E-state index >= 15 is 0 Å². The number of ether oxygens (including phenoxy) is 1. The molecule has 0 aromatic heterocycles. The third-order valence-corrected chi connectivity index (χ3v) is 11.7. The largest absolute Gasteiger partial charge is 0.361 e. The standard InChI is InChI=1S/C38H66O/c1-27(2)25-29-9-13-31(14-10-29)33-17-21-35(22-18-33)37(5,6)39-38(7,8)36-23-19-34(20-24-36)32-15-11-30(12-16-32)26-28(3)4/h21,23,27-34H,9-20,22,24-26H2,1-8H3. The SMILES string of the molecule is CC(C)CC1CCC(C2CC=C(C(C)(C)OC(C)(C)C3=CCC(C4CCC(CC(C)C)CC4)CC3)CC2)CC1. The van der Waals surface area contributed by atoms with E-state index in [1.807, 2.05) is 0 Å². The van der Waals surface area contributed by atoms with Crippen molar-refractivity contribution in [3.63, 3.8) is 0 Å². The Hall–Kier alpha value is -0.560. The van der Waals surface area contributed by atoms with Gasteiger partial charge >= 0.3 is 0 Å². The molecule has 0 aromatic rings. The highest BCUT2D eigenvalue weighted by molar-refractivity contribution is 5.22. The van der Waals surface area contributed by atoms with Crippen molar-refractivity contribution in [1.82, 2.24) is 0 Å². The van der Waals surface area contributed by atoms with Gasteiger partial charge in [-0.25, -0.2) is 0 Å². The molecule has 0 aromatic carbocycles. The van der Waals surface area contributed by atoms with Gasteiger partial charge in [0.2, 0.25) is 0 Å². The van der Waals surface area contributed by atoms with Gasteiger partial charge in [0, 0.05) is 0 Å². The Kier molecular flexibility index (Phi) is 10.9. The zero-order valence-electron chi connectivity index (χ0n) is 27.5. The number of hydrogen-bond donors (Lipinski definition) is 0. The van der Waals surface area contributed by atoms with Crippen molar-refractivity contribution in [3.05, 3.63) is 23.3 Å². The maximum atomic E-state index is 7.03. The first-order valence-electron chi connectivity index (χ1n) is 17.5. The van der Waals surface area contributed by atoms with Gasteiger partial charge in [-0.1, -0.05) is 65.5 Å². The third kappa shape index (κ3) is 8.72. The van der Waals surface area contributed by atoms with E-state index in [9.17, 15) is 0 Å². The minimum Gasteiger partial charge on any atom is -0.361 e. The molecule has 2 unspecified atom stereocenters. The fourth-order valence-corrected chi connectivity index (χ4v) is 9.55. The molecule has 0 spiro atoms. The van der Waals surface area contributed by atoms with Crippen LogP contribution in [0.4, 0.5) is 0 Å². The van der Waals surface area contributed by atoms with Gasteiger partial charge in [-0.3, -0.25) is 0 Å². The van der Waals surface area contributed by atoms with Crippen LogP contribution in [-0.2, 0) is 4.74 Å². The van der Waals surface area contributed by atoms with Crippen molar-refractivity contribution in [2.24, 2.45) is 47.3 Å². The summed E-state index contributed by atoms with van der Waals surface area (Å²) in [6.07, 6.45) is 27.7. The topological polar surface area (TPSA) is 9.23 Å².